The number of nitrogens with one attached hydrogen (secondary N) is 1. The Morgan fingerprint density at radius 1 is 1.10 bits per heavy atom. The molecule has 1 aromatic heterocycles. The number of benzene rings is 2. The van der Waals surface area contributed by atoms with Gasteiger partial charge in [0.25, 0.3) is 0 Å². The quantitative estimate of drug-likeness (QED) is 0.745. The van der Waals surface area contributed by atoms with E-state index in [1.54, 1.807) is 12.1 Å². The lowest BCUT2D eigenvalue weighted by molar-refractivity contribution is 0.0699. The van der Waals surface area contributed by atoms with Crippen LogP contribution in [-0.4, -0.2) is 21.3 Å². The lowest BCUT2D eigenvalue weighted by Gasteiger charge is -2.08. The summed E-state index contributed by atoms with van der Waals surface area (Å²) < 4.78 is 0. The SMILES string of the molecule is Cc1cccc(C)c1-c1[nH]nc2c(C(=O)O)cccc12. The maximum absolute atomic E-state index is 11.2. The smallest absolute Gasteiger partial charge is 0.337 e. The van der Waals surface area contributed by atoms with Crippen LogP contribution in [0.4, 0.5) is 0 Å². The van der Waals surface area contributed by atoms with Gasteiger partial charge in [-0.25, -0.2) is 4.79 Å². The molecule has 0 saturated carbocycles. The molecule has 0 bridgehead atoms. The van der Waals surface area contributed by atoms with Gasteiger partial charge in [-0.3, -0.25) is 5.10 Å². The van der Waals surface area contributed by atoms with Gasteiger partial charge in [0.2, 0.25) is 0 Å². The topological polar surface area (TPSA) is 66.0 Å². The average molecular weight is 266 g/mol. The fourth-order valence-electron chi connectivity index (χ4n) is 2.61. The summed E-state index contributed by atoms with van der Waals surface area (Å²) in [5.74, 6) is -0.963. The molecule has 0 unspecified atom stereocenters. The molecule has 0 atom stereocenters. The Labute approximate surface area is 116 Å². The van der Waals surface area contributed by atoms with Crippen molar-refractivity contribution in [2.24, 2.45) is 0 Å². The number of nitrogens with zero attached hydrogens (tertiary/aromatic N) is 1. The summed E-state index contributed by atoms with van der Waals surface area (Å²) in [7, 11) is 0. The highest BCUT2D eigenvalue weighted by Gasteiger charge is 2.16. The minimum atomic E-state index is -0.963. The first-order chi connectivity index (χ1) is 9.59. The van der Waals surface area contributed by atoms with Crippen molar-refractivity contribution in [3.63, 3.8) is 0 Å². The molecule has 0 saturated heterocycles. The van der Waals surface area contributed by atoms with Gasteiger partial charge in [0.05, 0.1) is 11.3 Å². The zero-order valence-electron chi connectivity index (χ0n) is 11.3. The number of carboxylic acid groups (broad SMARTS) is 1. The predicted molar refractivity (Wildman–Crippen MR) is 78.0 cm³/mol. The molecule has 0 spiro atoms. The number of fused-ring (bicyclic) bond motifs is 1. The number of hydrogen-bond acceptors (Lipinski definition) is 2. The van der Waals surface area contributed by atoms with E-state index in [9.17, 15) is 9.90 Å². The Kier molecular flexibility index (Phi) is 2.79. The van der Waals surface area contributed by atoms with Gasteiger partial charge in [-0.15, -0.1) is 0 Å². The number of carbonyl (C=O) groups is 1. The number of aryl methyl sites for hydroxylation is 2. The molecule has 1 heterocycles. The standard InChI is InChI=1S/C16H14N2O2/c1-9-5-3-6-10(2)13(9)15-11-7-4-8-12(16(19)20)14(11)17-18-15/h3-8H,1-2H3,(H,17,18)(H,19,20). The zero-order valence-corrected chi connectivity index (χ0v) is 11.3. The van der Waals surface area contributed by atoms with Crippen molar-refractivity contribution >= 4 is 16.9 Å². The molecule has 0 aliphatic rings. The molecule has 0 amide bonds. The van der Waals surface area contributed by atoms with E-state index in [-0.39, 0.29) is 5.56 Å². The van der Waals surface area contributed by atoms with E-state index in [2.05, 4.69) is 10.2 Å². The van der Waals surface area contributed by atoms with Crippen molar-refractivity contribution in [3.8, 4) is 11.3 Å². The fourth-order valence-corrected chi connectivity index (χ4v) is 2.61. The van der Waals surface area contributed by atoms with Gasteiger partial charge < -0.3 is 5.11 Å². The molecular formula is C16H14N2O2. The summed E-state index contributed by atoms with van der Waals surface area (Å²) >= 11 is 0. The lowest BCUT2D eigenvalue weighted by Crippen LogP contribution is -1.96. The second-order valence-corrected chi connectivity index (χ2v) is 4.87. The summed E-state index contributed by atoms with van der Waals surface area (Å²) in [5, 5.41) is 17.2. The average Bonchev–Trinajstić information content (AvgIpc) is 2.82. The second kappa shape index (κ2) is 4.49. The number of hydrogen-bond donors (Lipinski definition) is 2. The normalized spacial score (nSPS) is 10.9. The zero-order chi connectivity index (χ0) is 14.3. The van der Waals surface area contributed by atoms with Gasteiger partial charge in [-0.05, 0) is 31.0 Å². The lowest BCUT2D eigenvalue weighted by atomic mass is 9.97. The third-order valence-corrected chi connectivity index (χ3v) is 3.55. The first kappa shape index (κ1) is 12.4. The molecule has 100 valence electrons. The summed E-state index contributed by atoms with van der Waals surface area (Å²) in [6.45, 7) is 4.08. The highest BCUT2D eigenvalue weighted by atomic mass is 16.4. The molecule has 3 aromatic rings. The molecule has 0 aliphatic heterocycles. The Hall–Kier alpha value is -2.62. The first-order valence-electron chi connectivity index (χ1n) is 6.36. The van der Waals surface area contributed by atoms with Gasteiger partial charge >= 0.3 is 5.97 Å². The van der Waals surface area contributed by atoms with Crippen LogP contribution in [0.25, 0.3) is 22.2 Å². The van der Waals surface area contributed by atoms with Gasteiger partial charge in [0, 0.05) is 10.9 Å². The molecule has 3 rings (SSSR count). The van der Waals surface area contributed by atoms with Crippen LogP contribution < -0.4 is 0 Å². The summed E-state index contributed by atoms with van der Waals surface area (Å²) in [4.78, 5) is 11.2. The van der Waals surface area contributed by atoms with Gasteiger partial charge in [-0.1, -0.05) is 30.3 Å². The van der Waals surface area contributed by atoms with E-state index in [0.717, 1.165) is 27.8 Å². The molecule has 20 heavy (non-hydrogen) atoms. The maximum atomic E-state index is 11.2. The summed E-state index contributed by atoms with van der Waals surface area (Å²) in [6, 6.07) is 11.3. The Morgan fingerprint density at radius 2 is 1.75 bits per heavy atom. The number of aromatic amines is 1. The van der Waals surface area contributed by atoms with Crippen LogP contribution in [0.2, 0.25) is 0 Å². The van der Waals surface area contributed by atoms with E-state index in [1.807, 2.05) is 38.1 Å². The van der Waals surface area contributed by atoms with Crippen molar-refractivity contribution < 1.29 is 9.90 Å². The number of H-pyrrole nitrogens is 1. The number of para-hydroxylation sites is 1. The molecule has 0 fully saturated rings. The monoisotopic (exact) mass is 266 g/mol. The van der Waals surface area contributed by atoms with Crippen molar-refractivity contribution in [1.29, 1.82) is 0 Å². The molecule has 2 N–H and O–H groups in total. The molecule has 0 radical (unpaired) electrons. The summed E-state index contributed by atoms with van der Waals surface area (Å²) in [5.41, 5.74) is 4.94. The number of aromatic carboxylic acids is 1. The van der Waals surface area contributed by atoms with Gasteiger partial charge in [-0.2, -0.15) is 5.10 Å². The number of carboxylic acids is 1. The third kappa shape index (κ3) is 1.77. The Bertz CT molecular complexity index is 798. The molecular weight excluding hydrogens is 252 g/mol. The predicted octanol–water partition coefficient (Wildman–Crippen LogP) is 3.54. The van der Waals surface area contributed by atoms with Gasteiger partial charge in [0.1, 0.15) is 5.52 Å². The van der Waals surface area contributed by atoms with Crippen LogP contribution in [0.15, 0.2) is 36.4 Å². The van der Waals surface area contributed by atoms with Crippen LogP contribution in [-0.2, 0) is 0 Å². The first-order valence-corrected chi connectivity index (χ1v) is 6.36. The summed E-state index contributed by atoms with van der Waals surface area (Å²) in [6.07, 6.45) is 0. The number of rotatable bonds is 2. The highest BCUT2D eigenvalue weighted by Crippen LogP contribution is 2.32. The van der Waals surface area contributed by atoms with Crippen LogP contribution in [0.1, 0.15) is 21.5 Å². The van der Waals surface area contributed by atoms with Crippen LogP contribution in [0.5, 0.6) is 0 Å². The molecule has 2 aromatic carbocycles. The van der Waals surface area contributed by atoms with Crippen LogP contribution in [0.3, 0.4) is 0 Å². The second-order valence-electron chi connectivity index (χ2n) is 4.87. The molecule has 4 nitrogen and oxygen atoms in total. The Balaban J connectivity index is 2.34. The third-order valence-electron chi connectivity index (χ3n) is 3.55. The minimum Gasteiger partial charge on any atom is -0.478 e. The minimum absolute atomic E-state index is 0.219. The van der Waals surface area contributed by atoms with Crippen molar-refractivity contribution in [3.05, 3.63) is 53.1 Å². The van der Waals surface area contributed by atoms with E-state index >= 15 is 0 Å². The Morgan fingerprint density at radius 3 is 2.40 bits per heavy atom. The van der Waals surface area contributed by atoms with Crippen molar-refractivity contribution in [1.82, 2.24) is 10.2 Å². The van der Waals surface area contributed by atoms with E-state index in [1.165, 1.54) is 0 Å². The van der Waals surface area contributed by atoms with E-state index in [4.69, 9.17) is 0 Å². The molecule has 0 aliphatic carbocycles. The van der Waals surface area contributed by atoms with E-state index in [0.29, 0.717) is 5.52 Å². The largest absolute Gasteiger partial charge is 0.478 e. The maximum Gasteiger partial charge on any atom is 0.337 e. The highest BCUT2D eigenvalue weighted by molar-refractivity contribution is 6.06. The van der Waals surface area contributed by atoms with Crippen LogP contribution in [0, 0.1) is 13.8 Å². The van der Waals surface area contributed by atoms with Crippen LogP contribution >= 0.6 is 0 Å². The van der Waals surface area contributed by atoms with Gasteiger partial charge in [0.15, 0.2) is 0 Å². The fraction of sp³-hybridized carbons (Fsp3) is 0.125. The van der Waals surface area contributed by atoms with Crippen molar-refractivity contribution in [2.45, 2.75) is 13.8 Å². The van der Waals surface area contributed by atoms with Crippen molar-refractivity contribution in [2.75, 3.05) is 0 Å². The molecule has 4 heteroatoms. The van der Waals surface area contributed by atoms with E-state index < -0.39 is 5.97 Å². The number of aromatic nitrogens is 2.